The van der Waals surface area contributed by atoms with Crippen LogP contribution in [0.25, 0.3) is 0 Å². The van der Waals surface area contributed by atoms with E-state index in [0.29, 0.717) is 24.5 Å². The van der Waals surface area contributed by atoms with Crippen LogP contribution in [0.3, 0.4) is 0 Å². The Morgan fingerprint density at radius 2 is 2.05 bits per heavy atom. The van der Waals surface area contributed by atoms with Crippen molar-refractivity contribution < 1.29 is 5.11 Å². The van der Waals surface area contributed by atoms with Crippen molar-refractivity contribution in [1.29, 1.82) is 10.5 Å². The fourth-order valence-electron chi connectivity index (χ4n) is 3.29. The number of hydrogen-bond donors (Lipinski definition) is 1. The molecule has 1 aliphatic carbocycles. The van der Waals surface area contributed by atoms with Crippen molar-refractivity contribution in [1.82, 2.24) is 9.97 Å². The minimum atomic E-state index is -0.947. The van der Waals surface area contributed by atoms with E-state index >= 15 is 0 Å². The van der Waals surface area contributed by atoms with Crippen LogP contribution < -0.4 is 4.90 Å². The lowest BCUT2D eigenvalue weighted by atomic mass is 9.99. The second kappa shape index (κ2) is 3.91. The first-order chi connectivity index (χ1) is 9.15. The van der Waals surface area contributed by atoms with E-state index in [9.17, 15) is 5.11 Å². The van der Waals surface area contributed by atoms with Crippen LogP contribution in [0.1, 0.15) is 49.2 Å². The van der Waals surface area contributed by atoms with Gasteiger partial charge in [0.15, 0.2) is 17.2 Å². The van der Waals surface area contributed by atoms with Gasteiger partial charge < -0.3 is 10.0 Å². The summed E-state index contributed by atoms with van der Waals surface area (Å²) in [5, 5.41) is 28.9. The minimum Gasteiger partial charge on any atom is -0.370 e. The summed E-state index contributed by atoms with van der Waals surface area (Å²) in [6.07, 6.45) is 2.44. The van der Waals surface area contributed by atoms with Crippen molar-refractivity contribution in [3.8, 4) is 12.1 Å². The van der Waals surface area contributed by atoms with Crippen LogP contribution in [0.5, 0.6) is 0 Å². The normalized spacial score (nSPS) is 27.6. The Morgan fingerprint density at radius 1 is 1.37 bits per heavy atom. The standard InChI is InChI=1S/C13H13N5O/c1-2-18-12-11(8-4-3-5-13(8,18)19)16-9(6-14)10(7-15)17-12/h8,19H,2-5H2,1H3. The molecule has 1 saturated carbocycles. The van der Waals surface area contributed by atoms with E-state index in [4.69, 9.17) is 10.5 Å². The summed E-state index contributed by atoms with van der Waals surface area (Å²) in [4.78, 5) is 10.3. The van der Waals surface area contributed by atoms with Gasteiger partial charge in [-0.15, -0.1) is 0 Å². The number of likely N-dealkylation sites (N-methyl/N-ethyl adjacent to an activating group) is 1. The lowest BCUT2D eigenvalue weighted by molar-refractivity contribution is 0.0363. The SMILES string of the molecule is CCN1c2nc(C#N)c(C#N)nc2C2CCCC21O. The zero-order valence-corrected chi connectivity index (χ0v) is 10.6. The molecule has 1 aromatic rings. The van der Waals surface area contributed by atoms with Crippen molar-refractivity contribution in [2.24, 2.45) is 0 Å². The molecule has 1 fully saturated rings. The molecule has 1 aromatic heterocycles. The molecule has 0 radical (unpaired) electrons. The van der Waals surface area contributed by atoms with Crippen LogP contribution in [-0.4, -0.2) is 27.3 Å². The summed E-state index contributed by atoms with van der Waals surface area (Å²) in [7, 11) is 0. The summed E-state index contributed by atoms with van der Waals surface area (Å²) in [6.45, 7) is 2.54. The number of nitrogens with zero attached hydrogens (tertiary/aromatic N) is 5. The third-order valence-electron chi connectivity index (χ3n) is 4.08. The van der Waals surface area contributed by atoms with Gasteiger partial charge in [0.2, 0.25) is 0 Å². The second-order valence-corrected chi connectivity index (χ2v) is 4.92. The fraction of sp³-hybridized carbons (Fsp3) is 0.538. The predicted molar refractivity (Wildman–Crippen MR) is 66.0 cm³/mol. The molecule has 19 heavy (non-hydrogen) atoms. The average molecular weight is 255 g/mol. The molecular weight excluding hydrogens is 242 g/mol. The quantitative estimate of drug-likeness (QED) is 0.804. The van der Waals surface area contributed by atoms with Gasteiger partial charge in [0.25, 0.3) is 0 Å². The molecule has 0 aromatic carbocycles. The third-order valence-corrected chi connectivity index (χ3v) is 4.08. The van der Waals surface area contributed by atoms with Gasteiger partial charge in [0.1, 0.15) is 17.9 Å². The van der Waals surface area contributed by atoms with Crippen molar-refractivity contribution in [3.05, 3.63) is 17.1 Å². The number of anilines is 1. The van der Waals surface area contributed by atoms with Crippen molar-refractivity contribution in [3.63, 3.8) is 0 Å². The summed E-state index contributed by atoms with van der Waals surface area (Å²) in [5.74, 6) is 0.458. The van der Waals surface area contributed by atoms with Gasteiger partial charge in [-0.2, -0.15) is 10.5 Å². The van der Waals surface area contributed by atoms with E-state index in [2.05, 4.69) is 9.97 Å². The molecule has 6 nitrogen and oxygen atoms in total. The molecule has 2 aliphatic rings. The second-order valence-electron chi connectivity index (χ2n) is 4.92. The number of nitriles is 2. The summed E-state index contributed by atoms with van der Waals surface area (Å²) < 4.78 is 0. The first-order valence-electron chi connectivity index (χ1n) is 6.37. The first-order valence-corrected chi connectivity index (χ1v) is 6.37. The first kappa shape index (κ1) is 11.9. The molecule has 2 unspecified atom stereocenters. The molecule has 3 rings (SSSR count). The Labute approximate surface area is 110 Å². The van der Waals surface area contributed by atoms with Crippen molar-refractivity contribution in [2.45, 2.75) is 37.8 Å². The van der Waals surface area contributed by atoms with Crippen LogP contribution >= 0.6 is 0 Å². The highest BCUT2D eigenvalue weighted by atomic mass is 16.3. The van der Waals surface area contributed by atoms with Crippen LogP contribution in [-0.2, 0) is 0 Å². The molecule has 6 heteroatoms. The Balaban J connectivity index is 2.23. The van der Waals surface area contributed by atoms with Gasteiger partial charge in [-0.25, -0.2) is 9.97 Å². The van der Waals surface area contributed by atoms with Gasteiger partial charge in [0.05, 0.1) is 11.6 Å². The average Bonchev–Trinajstić information content (AvgIpc) is 2.90. The zero-order chi connectivity index (χ0) is 13.6. The van der Waals surface area contributed by atoms with Crippen LogP contribution in [0.2, 0.25) is 0 Å². The monoisotopic (exact) mass is 255 g/mol. The van der Waals surface area contributed by atoms with Gasteiger partial charge in [-0.3, -0.25) is 0 Å². The van der Waals surface area contributed by atoms with Crippen LogP contribution in [0.15, 0.2) is 0 Å². The van der Waals surface area contributed by atoms with E-state index in [0.717, 1.165) is 12.8 Å². The molecule has 0 spiro atoms. The summed E-state index contributed by atoms with van der Waals surface area (Å²) in [6, 6.07) is 3.80. The molecule has 2 heterocycles. The highest BCUT2D eigenvalue weighted by Gasteiger charge is 2.54. The van der Waals surface area contributed by atoms with Crippen LogP contribution in [0, 0.1) is 22.7 Å². The molecule has 1 aliphatic heterocycles. The van der Waals surface area contributed by atoms with Gasteiger partial charge >= 0.3 is 0 Å². The molecule has 1 N–H and O–H groups in total. The summed E-state index contributed by atoms with van der Waals surface area (Å²) in [5.41, 5.74) is -0.202. The van der Waals surface area contributed by atoms with E-state index in [1.807, 2.05) is 24.0 Å². The maximum absolute atomic E-state index is 10.8. The highest BCUT2D eigenvalue weighted by Crippen LogP contribution is 2.53. The third kappa shape index (κ3) is 1.38. The number of aliphatic hydroxyl groups is 1. The van der Waals surface area contributed by atoms with Crippen LogP contribution in [0.4, 0.5) is 5.82 Å². The molecular formula is C13H13N5O. The lowest BCUT2D eigenvalue weighted by Gasteiger charge is -2.33. The Morgan fingerprint density at radius 3 is 2.68 bits per heavy atom. The van der Waals surface area contributed by atoms with E-state index in [-0.39, 0.29) is 17.3 Å². The Bertz CT molecular complexity index is 596. The smallest absolute Gasteiger partial charge is 0.179 e. The number of aromatic nitrogens is 2. The summed E-state index contributed by atoms with van der Waals surface area (Å²) >= 11 is 0. The Kier molecular flexibility index (Phi) is 2.44. The fourth-order valence-corrected chi connectivity index (χ4v) is 3.29. The van der Waals surface area contributed by atoms with Gasteiger partial charge in [-0.05, 0) is 26.2 Å². The molecule has 0 amide bonds. The molecule has 0 saturated heterocycles. The van der Waals surface area contributed by atoms with Gasteiger partial charge in [-0.1, -0.05) is 0 Å². The number of fused-ring (bicyclic) bond motifs is 3. The maximum atomic E-state index is 10.8. The van der Waals surface area contributed by atoms with E-state index in [1.165, 1.54) is 0 Å². The Hall–Kier alpha value is -2.18. The largest absolute Gasteiger partial charge is 0.370 e. The maximum Gasteiger partial charge on any atom is 0.179 e. The van der Waals surface area contributed by atoms with E-state index < -0.39 is 5.72 Å². The highest BCUT2D eigenvalue weighted by molar-refractivity contribution is 5.59. The number of rotatable bonds is 1. The number of hydrogen-bond acceptors (Lipinski definition) is 6. The zero-order valence-electron chi connectivity index (χ0n) is 10.6. The minimum absolute atomic E-state index is 0.0308. The lowest BCUT2D eigenvalue weighted by Crippen LogP contribution is -2.46. The molecule has 96 valence electrons. The topological polar surface area (TPSA) is 96.8 Å². The van der Waals surface area contributed by atoms with E-state index in [1.54, 1.807) is 0 Å². The molecule has 0 bridgehead atoms. The molecule has 2 atom stereocenters. The van der Waals surface area contributed by atoms with Gasteiger partial charge in [0, 0.05) is 6.54 Å². The van der Waals surface area contributed by atoms with Crippen molar-refractivity contribution in [2.75, 3.05) is 11.4 Å². The predicted octanol–water partition coefficient (Wildman–Crippen LogP) is 1.02. The van der Waals surface area contributed by atoms with Crippen molar-refractivity contribution >= 4 is 5.82 Å².